The van der Waals surface area contributed by atoms with Crippen molar-refractivity contribution in [1.29, 1.82) is 0 Å². The normalized spacial score (nSPS) is 11.6. The van der Waals surface area contributed by atoms with Gasteiger partial charge in [-0.05, 0) is 36.4 Å². The first-order chi connectivity index (χ1) is 14.5. The third kappa shape index (κ3) is 6.53. The summed E-state index contributed by atoms with van der Waals surface area (Å²) in [7, 11) is -4.32. The van der Waals surface area contributed by atoms with E-state index in [1.807, 2.05) is 0 Å². The highest BCUT2D eigenvalue weighted by atomic mass is 35.5. The topological polar surface area (TPSA) is 74.8 Å². The molecule has 0 aromatic heterocycles. The standard InChI is InChI=1S/C16H10Cl4F2N2O4S3/c17-15(18)29-11-5-9(23(21)7-25)1-3-13(11)31(27,28)14-4-2-10(24(22)8-26)6-12(14)30-16(19)20/h1-8,15-16H. The minimum absolute atomic E-state index is 0.0506. The summed E-state index contributed by atoms with van der Waals surface area (Å²) < 4.78 is 51.8. The number of nitrogens with zero attached hydrogens (tertiary/aromatic N) is 2. The maximum absolute atomic E-state index is 13.6. The van der Waals surface area contributed by atoms with Gasteiger partial charge < -0.3 is 0 Å². The molecule has 0 aliphatic heterocycles. The molecule has 0 saturated heterocycles. The van der Waals surface area contributed by atoms with E-state index < -0.39 is 18.2 Å². The van der Waals surface area contributed by atoms with Crippen LogP contribution in [0, 0.1) is 0 Å². The molecule has 31 heavy (non-hydrogen) atoms. The lowest BCUT2D eigenvalue weighted by Gasteiger charge is -2.17. The van der Waals surface area contributed by atoms with Crippen molar-refractivity contribution in [3.63, 3.8) is 0 Å². The van der Waals surface area contributed by atoms with E-state index in [1.54, 1.807) is 0 Å². The van der Waals surface area contributed by atoms with Gasteiger partial charge in [-0.1, -0.05) is 78.9 Å². The molecule has 0 aliphatic carbocycles. The molecule has 0 radical (unpaired) electrons. The first-order valence-electron chi connectivity index (χ1n) is 7.74. The number of hydrogen-bond acceptors (Lipinski definition) is 6. The maximum atomic E-state index is 13.6. The largest absolute Gasteiger partial charge is 0.276 e. The molecular formula is C16H10Cl4F2N2O4S3. The van der Waals surface area contributed by atoms with Crippen LogP contribution >= 0.6 is 69.9 Å². The minimum Gasteiger partial charge on any atom is -0.276 e. The van der Waals surface area contributed by atoms with Crippen LogP contribution in [0.15, 0.2) is 56.0 Å². The second kappa shape index (κ2) is 11.3. The molecule has 0 N–H and O–H groups in total. The van der Waals surface area contributed by atoms with Crippen molar-refractivity contribution in [3.05, 3.63) is 36.4 Å². The summed E-state index contributed by atoms with van der Waals surface area (Å²) in [6.07, 6.45) is -0.220. The molecule has 2 aromatic carbocycles. The summed E-state index contributed by atoms with van der Waals surface area (Å²) in [4.78, 5) is 20.7. The van der Waals surface area contributed by atoms with Crippen LogP contribution in [0.1, 0.15) is 0 Å². The fraction of sp³-hybridized carbons (Fsp3) is 0.125. The number of hydrogen-bond donors (Lipinski definition) is 0. The molecule has 0 unspecified atom stereocenters. The highest BCUT2D eigenvalue weighted by molar-refractivity contribution is 8.04. The number of amides is 2. The van der Waals surface area contributed by atoms with Crippen molar-refractivity contribution in [3.8, 4) is 0 Å². The number of alkyl halides is 4. The Balaban J connectivity index is 2.70. The van der Waals surface area contributed by atoms with E-state index in [0.717, 1.165) is 36.4 Å². The Hall–Kier alpha value is -0.950. The minimum atomic E-state index is -4.32. The highest BCUT2D eigenvalue weighted by Crippen LogP contribution is 2.42. The Morgan fingerprint density at radius 2 is 1.13 bits per heavy atom. The van der Waals surface area contributed by atoms with Crippen molar-refractivity contribution >= 4 is 104 Å². The van der Waals surface area contributed by atoms with E-state index in [4.69, 9.17) is 46.4 Å². The number of rotatable bonds is 10. The van der Waals surface area contributed by atoms with Gasteiger partial charge in [0.2, 0.25) is 22.7 Å². The Kier molecular flexibility index (Phi) is 9.56. The van der Waals surface area contributed by atoms with Crippen molar-refractivity contribution in [2.45, 2.75) is 27.9 Å². The molecule has 0 heterocycles. The van der Waals surface area contributed by atoms with Crippen LogP contribution in [0.4, 0.5) is 20.3 Å². The first kappa shape index (κ1) is 26.3. The summed E-state index contributed by atoms with van der Waals surface area (Å²) in [5.41, 5.74) is -0.507. The van der Waals surface area contributed by atoms with Crippen molar-refractivity contribution in [2.24, 2.45) is 0 Å². The molecule has 0 atom stereocenters. The zero-order chi connectivity index (χ0) is 23.3. The molecule has 0 bridgehead atoms. The van der Waals surface area contributed by atoms with E-state index in [9.17, 15) is 27.0 Å². The zero-order valence-electron chi connectivity index (χ0n) is 14.8. The Morgan fingerprint density at radius 1 is 0.774 bits per heavy atom. The quantitative estimate of drug-likeness (QED) is 0.153. The Bertz CT molecular complexity index is 999. The van der Waals surface area contributed by atoms with Gasteiger partial charge >= 0.3 is 0 Å². The summed E-state index contributed by atoms with van der Waals surface area (Å²) in [5.74, 6) is 0. The molecule has 0 fully saturated rings. The summed E-state index contributed by atoms with van der Waals surface area (Å²) in [6.45, 7) is 0. The van der Waals surface area contributed by atoms with Crippen LogP contribution in [-0.2, 0) is 19.4 Å². The average molecular weight is 570 g/mol. The number of carbonyl (C=O) groups excluding carboxylic acids is 2. The highest BCUT2D eigenvalue weighted by Gasteiger charge is 2.28. The van der Waals surface area contributed by atoms with Crippen LogP contribution in [-0.4, -0.2) is 29.6 Å². The van der Waals surface area contributed by atoms with Gasteiger partial charge in [0.25, 0.3) is 0 Å². The lowest BCUT2D eigenvalue weighted by Crippen LogP contribution is -2.11. The summed E-state index contributed by atoms with van der Waals surface area (Å²) in [5, 5.41) is -0.510. The van der Waals surface area contributed by atoms with Gasteiger partial charge in [-0.25, -0.2) is 8.42 Å². The molecule has 2 aromatic rings. The van der Waals surface area contributed by atoms with Crippen LogP contribution in [0.2, 0.25) is 0 Å². The van der Waals surface area contributed by atoms with Gasteiger partial charge in [0.05, 0.1) is 21.2 Å². The molecule has 0 aliphatic rings. The Morgan fingerprint density at radius 3 is 1.42 bits per heavy atom. The van der Waals surface area contributed by atoms with E-state index in [-0.39, 0.29) is 54.0 Å². The van der Waals surface area contributed by atoms with Crippen molar-refractivity contribution in [1.82, 2.24) is 0 Å². The molecule has 2 rings (SSSR count). The maximum Gasteiger partial charge on any atom is 0.242 e. The molecule has 0 saturated carbocycles. The number of anilines is 2. The van der Waals surface area contributed by atoms with Crippen LogP contribution in [0.25, 0.3) is 0 Å². The number of halogens is 6. The molecule has 2 amide bonds. The number of carbonyl (C=O) groups is 2. The second-order valence-electron chi connectivity index (χ2n) is 5.36. The number of sulfone groups is 1. The molecular weight excluding hydrogens is 560 g/mol. The average Bonchev–Trinajstić information content (AvgIpc) is 2.71. The van der Waals surface area contributed by atoms with E-state index >= 15 is 0 Å². The predicted molar refractivity (Wildman–Crippen MR) is 120 cm³/mol. The molecule has 15 heteroatoms. The van der Waals surface area contributed by atoms with Crippen molar-refractivity contribution < 1.29 is 27.0 Å². The van der Waals surface area contributed by atoms with Crippen LogP contribution in [0.5, 0.6) is 0 Å². The molecule has 6 nitrogen and oxygen atoms in total. The van der Waals surface area contributed by atoms with Gasteiger partial charge in [0.15, 0.2) is 8.34 Å². The van der Waals surface area contributed by atoms with Gasteiger partial charge in [-0.3, -0.25) is 9.59 Å². The van der Waals surface area contributed by atoms with Gasteiger partial charge in [0, 0.05) is 9.79 Å². The third-order valence-electron chi connectivity index (χ3n) is 3.54. The first-order valence-corrected chi connectivity index (χ1v) is 12.7. The van der Waals surface area contributed by atoms with E-state index in [0.29, 0.717) is 23.5 Å². The molecule has 168 valence electrons. The van der Waals surface area contributed by atoms with Gasteiger partial charge in [-0.2, -0.15) is 0 Å². The second-order valence-corrected chi connectivity index (χ2v) is 12.8. The number of thioether (sulfide) groups is 2. The Labute approximate surface area is 204 Å². The smallest absolute Gasteiger partial charge is 0.242 e. The van der Waals surface area contributed by atoms with Crippen LogP contribution in [0.3, 0.4) is 0 Å². The number of benzene rings is 2. The monoisotopic (exact) mass is 568 g/mol. The predicted octanol–water partition coefficient (Wildman–Crippen LogP) is 5.92. The SMILES string of the molecule is O=CN(F)c1ccc(S(=O)(=O)c2ccc(N(F)C=O)cc2SC(Cl)Cl)c(SC(Cl)Cl)c1. The van der Waals surface area contributed by atoms with Crippen LogP contribution < -0.4 is 10.2 Å². The summed E-state index contributed by atoms with van der Waals surface area (Å²) in [6, 6.07) is 6.40. The lowest BCUT2D eigenvalue weighted by atomic mass is 10.3. The molecule has 0 spiro atoms. The van der Waals surface area contributed by atoms with Gasteiger partial charge in [-0.15, -0.1) is 10.2 Å². The zero-order valence-corrected chi connectivity index (χ0v) is 20.3. The fourth-order valence-corrected chi connectivity index (χ4v) is 6.93. The van der Waals surface area contributed by atoms with Gasteiger partial charge in [0.1, 0.15) is 0 Å². The third-order valence-corrected chi connectivity index (χ3v) is 8.28. The van der Waals surface area contributed by atoms with E-state index in [1.165, 1.54) is 0 Å². The van der Waals surface area contributed by atoms with Crippen molar-refractivity contribution in [2.75, 3.05) is 10.2 Å². The fourth-order valence-electron chi connectivity index (χ4n) is 2.32. The van der Waals surface area contributed by atoms with E-state index in [2.05, 4.69) is 0 Å². The lowest BCUT2D eigenvalue weighted by molar-refractivity contribution is -0.110. The summed E-state index contributed by atoms with van der Waals surface area (Å²) >= 11 is 24.4.